The minimum Gasteiger partial charge on any atom is -0.379 e. The number of nitrogens with zero attached hydrogens (tertiary/aromatic N) is 3. The number of alkyl halides is 1. The van der Waals surface area contributed by atoms with E-state index in [4.69, 9.17) is 22.1 Å². The normalized spacial score (nSPS) is 28.4. The van der Waals surface area contributed by atoms with Gasteiger partial charge in [0.25, 0.3) is 5.91 Å². The summed E-state index contributed by atoms with van der Waals surface area (Å²) in [5.74, 6) is -1.20. The number of aromatic nitrogens is 2. The van der Waals surface area contributed by atoms with Crippen molar-refractivity contribution in [2.75, 3.05) is 17.7 Å². The zero-order valence-electron chi connectivity index (χ0n) is 15.9. The number of fused-ring (bicyclic) bond motifs is 1. The number of hydrogen-bond acceptors (Lipinski definition) is 7. The number of rotatable bonds is 3. The van der Waals surface area contributed by atoms with Gasteiger partial charge in [-0.15, -0.1) is 0 Å². The number of thioether (sulfide) groups is 1. The van der Waals surface area contributed by atoms with Crippen LogP contribution in [0.2, 0.25) is 5.15 Å². The summed E-state index contributed by atoms with van der Waals surface area (Å²) in [5.41, 5.74) is 2.97. The topological polar surface area (TPSA) is 102 Å². The molecule has 0 unspecified atom stereocenters. The summed E-state index contributed by atoms with van der Waals surface area (Å²) in [6.07, 6.45) is 2.20. The number of nitrogens with two attached hydrogens (primary N) is 1. The van der Waals surface area contributed by atoms with Crippen LogP contribution in [-0.2, 0) is 10.3 Å². The number of benzene rings is 1. The Balaban J connectivity index is 1.72. The zero-order chi connectivity index (χ0) is 21.5. The van der Waals surface area contributed by atoms with Crippen molar-refractivity contribution in [3.05, 3.63) is 52.8 Å². The van der Waals surface area contributed by atoms with Gasteiger partial charge in [-0.2, -0.15) is 0 Å². The van der Waals surface area contributed by atoms with Crippen LogP contribution in [0.15, 0.2) is 35.6 Å². The van der Waals surface area contributed by atoms with Crippen molar-refractivity contribution in [2.24, 2.45) is 10.7 Å². The maximum absolute atomic E-state index is 16.1. The number of halogens is 3. The summed E-state index contributed by atoms with van der Waals surface area (Å²) in [5, 5.41) is 2.89. The SMILES string of the molecule is C[C@H]1C[C@@]2(F)CSC(N)=N[C@@]2(c2cc(F)cc(NC(=O)c3cnc(Cl)cn3)c2)CO1. The van der Waals surface area contributed by atoms with Crippen molar-refractivity contribution < 1.29 is 18.3 Å². The summed E-state index contributed by atoms with van der Waals surface area (Å²) < 4.78 is 36.3. The van der Waals surface area contributed by atoms with E-state index in [2.05, 4.69) is 20.3 Å². The molecule has 2 aromatic rings. The first kappa shape index (κ1) is 21.0. The van der Waals surface area contributed by atoms with Gasteiger partial charge in [0.15, 0.2) is 10.8 Å². The first-order valence-corrected chi connectivity index (χ1v) is 10.5. The van der Waals surface area contributed by atoms with Crippen molar-refractivity contribution in [2.45, 2.75) is 30.7 Å². The molecule has 30 heavy (non-hydrogen) atoms. The second-order valence-electron chi connectivity index (χ2n) is 7.30. The number of aliphatic imine (C=N–C) groups is 1. The van der Waals surface area contributed by atoms with Gasteiger partial charge >= 0.3 is 0 Å². The lowest BCUT2D eigenvalue weighted by Gasteiger charge is -2.49. The van der Waals surface area contributed by atoms with Gasteiger partial charge in [-0.05, 0) is 30.7 Å². The third kappa shape index (κ3) is 3.75. The monoisotopic (exact) mass is 453 g/mol. The Labute approximate surface area is 180 Å². The number of carbonyl (C=O) groups excluding carboxylic acids is 1. The van der Waals surface area contributed by atoms with E-state index < -0.39 is 22.9 Å². The fourth-order valence-corrected chi connectivity index (χ4v) is 4.78. The van der Waals surface area contributed by atoms with Crippen LogP contribution in [0.25, 0.3) is 0 Å². The molecule has 3 N–H and O–H groups in total. The lowest BCUT2D eigenvalue weighted by Crippen LogP contribution is -2.60. The molecule has 11 heteroatoms. The molecule has 0 bridgehead atoms. The molecule has 4 rings (SSSR count). The summed E-state index contributed by atoms with van der Waals surface area (Å²) in [6, 6.07) is 3.79. The molecule has 1 fully saturated rings. The van der Waals surface area contributed by atoms with E-state index in [-0.39, 0.29) is 52.2 Å². The zero-order valence-corrected chi connectivity index (χ0v) is 17.4. The molecule has 3 heterocycles. The fourth-order valence-electron chi connectivity index (χ4n) is 3.73. The first-order chi connectivity index (χ1) is 14.2. The Bertz CT molecular complexity index is 1020. The molecule has 158 valence electrons. The van der Waals surface area contributed by atoms with Crippen molar-refractivity contribution in [3.8, 4) is 0 Å². The predicted octanol–water partition coefficient (Wildman–Crippen LogP) is 3.30. The average Bonchev–Trinajstić information content (AvgIpc) is 2.68. The second-order valence-corrected chi connectivity index (χ2v) is 8.68. The number of amides is 1. The summed E-state index contributed by atoms with van der Waals surface area (Å²) >= 11 is 6.80. The van der Waals surface area contributed by atoms with Gasteiger partial charge < -0.3 is 15.8 Å². The van der Waals surface area contributed by atoms with E-state index in [1.54, 1.807) is 6.92 Å². The average molecular weight is 454 g/mol. The highest BCUT2D eigenvalue weighted by Crippen LogP contribution is 2.51. The Morgan fingerprint density at radius 3 is 2.90 bits per heavy atom. The highest BCUT2D eigenvalue weighted by atomic mass is 35.5. The highest BCUT2D eigenvalue weighted by Gasteiger charge is 2.59. The molecule has 1 aromatic carbocycles. The first-order valence-electron chi connectivity index (χ1n) is 9.09. The lowest BCUT2D eigenvalue weighted by atomic mass is 9.73. The predicted molar refractivity (Wildman–Crippen MR) is 111 cm³/mol. The summed E-state index contributed by atoms with van der Waals surface area (Å²) in [7, 11) is 0. The van der Waals surface area contributed by atoms with Crippen molar-refractivity contribution in [1.29, 1.82) is 0 Å². The Morgan fingerprint density at radius 2 is 2.17 bits per heavy atom. The molecule has 2 aliphatic rings. The van der Waals surface area contributed by atoms with Crippen molar-refractivity contribution in [3.63, 3.8) is 0 Å². The van der Waals surface area contributed by atoms with Gasteiger partial charge in [-0.25, -0.2) is 23.7 Å². The lowest BCUT2D eigenvalue weighted by molar-refractivity contribution is -0.106. The van der Waals surface area contributed by atoms with Crippen LogP contribution in [0.5, 0.6) is 0 Å². The van der Waals surface area contributed by atoms with E-state index in [0.717, 1.165) is 17.8 Å². The number of hydrogen-bond donors (Lipinski definition) is 2. The molecular formula is C19H18ClF2N5O2S. The maximum Gasteiger partial charge on any atom is 0.275 e. The van der Waals surface area contributed by atoms with Crippen molar-refractivity contribution >= 4 is 40.1 Å². The van der Waals surface area contributed by atoms with Crippen LogP contribution in [0.4, 0.5) is 14.5 Å². The third-order valence-electron chi connectivity index (χ3n) is 5.17. The molecule has 1 aromatic heterocycles. The van der Waals surface area contributed by atoms with E-state index in [1.165, 1.54) is 24.5 Å². The summed E-state index contributed by atoms with van der Waals surface area (Å²) in [4.78, 5) is 24.5. The molecule has 3 atom stereocenters. The highest BCUT2D eigenvalue weighted by molar-refractivity contribution is 8.13. The Morgan fingerprint density at radius 1 is 1.37 bits per heavy atom. The number of amidine groups is 1. The van der Waals surface area contributed by atoms with Crippen molar-refractivity contribution in [1.82, 2.24) is 9.97 Å². The minimum absolute atomic E-state index is 0.00521. The molecule has 0 spiro atoms. The van der Waals surface area contributed by atoms with Gasteiger partial charge in [0.2, 0.25) is 0 Å². The van der Waals surface area contributed by atoms with Crippen LogP contribution < -0.4 is 11.1 Å². The van der Waals surface area contributed by atoms with Crippen LogP contribution in [0, 0.1) is 5.82 Å². The van der Waals surface area contributed by atoms with Gasteiger partial charge in [0.1, 0.15) is 22.2 Å². The molecule has 1 amide bonds. The Hall–Kier alpha value is -2.30. The van der Waals surface area contributed by atoms with Crippen LogP contribution >= 0.6 is 23.4 Å². The molecule has 2 aliphatic heterocycles. The van der Waals surface area contributed by atoms with Gasteiger partial charge in [-0.1, -0.05) is 23.4 Å². The molecular weight excluding hydrogens is 436 g/mol. The maximum atomic E-state index is 16.1. The summed E-state index contributed by atoms with van der Waals surface area (Å²) in [6.45, 7) is 1.69. The van der Waals surface area contributed by atoms with E-state index >= 15 is 4.39 Å². The molecule has 7 nitrogen and oxygen atoms in total. The fraction of sp³-hybridized carbons (Fsp3) is 0.368. The van der Waals surface area contributed by atoms with Crippen LogP contribution in [0.3, 0.4) is 0 Å². The number of anilines is 1. The van der Waals surface area contributed by atoms with E-state index in [1.807, 2.05) is 0 Å². The minimum atomic E-state index is -1.78. The van der Waals surface area contributed by atoms with Crippen LogP contribution in [-0.4, -0.2) is 45.2 Å². The van der Waals surface area contributed by atoms with Gasteiger partial charge in [0, 0.05) is 17.9 Å². The smallest absolute Gasteiger partial charge is 0.275 e. The third-order valence-corrected chi connectivity index (χ3v) is 6.35. The largest absolute Gasteiger partial charge is 0.379 e. The molecule has 0 aliphatic carbocycles. The molecule has 0 saturated carbocycles. The standard InChI is InChI=1S/C19H18ClF2N5O2S/c1-10-5-18(22)9-30-17(23)27-19(18,8-29-10)11-2-12(21)4-13(3-11)26-16(28)14-6-25-15(20)7-24-14/h2-4,6-7,10H,5,8-9H2,1H3,(H2,23,27)(H,26,28)/t10-,18+,19+/m0/s1. The van der Waals surface area contributed by atoms with Crippen LogP contribution in [0.1, 0.15) is 29.4 Å². The second kappa shape index (κ2) is 7.75. The van der Waals surface area contributed by atoms with E-state index in [0.29, 0.717) is 0 Å². The Kier molecular flexibility index (Phi) is 5.41. The molecule has 0 radical (unpaired) electrons. The number of ether oxygens (including phenoxy) is 1. The quantitative estimate of drug-likeness (QED) is 0.739. The van der Waals surface area contributed by atoms with Gasteiger partial charge in [0.05, 0.1) is 25.1 Å². The number of carbonyl (C=O) groups is 1. The van der Waals surface area contributed by atoms with E-state index in [9.17, 15) is 9.18 Å². The van der Waals surface area contributed by atoms with Gasteiger partial charge in [-0.3, -0.25) is 4.79 Å². The molecule has 1 saturated heterocycles. The number of nitrogens with one attached hydrogen (secondary N) is 1.